The Morgan fingerprint density at radius 1 is 0.875 bits per heavy atom. The number of rotatable bonds is 13. The molecular formula is C28H27N5O6S. The zero-order chi connectivity index (χ0) is 28.2. The molecule has 0 saturated carbocycles. The van der Waals surface area contributed by atoms with Crippen molar-refractivity contribution in [3.8, 4) is 23.0 Å². The zero-order valence-electron chi connectivity index (χ0n) is 21.8. The molecular weight excluding hydrogens is 534 g/mol. The smallest absolute Gasteiger partial charge is 0.257 e. The maximum atomic E-state index is 12.3. The van der Waals surface area contributed by atoms with Crippen molar-refractivity contribution < 1.29 is 28.5 Å². The van der Waals surface area contributed by atoms with Crippen LogP contribution in [0.3, 0.4) is 0 Å². The van der Waals surface area contributed by atoms with Crippen LogP contribution in [-0.4, -0.2) is 55.7 Å². The minimum Gasteiger partial charge on any atom is -0.497 e. The molecule has 0 unspecified atom stereocenters. The van der Waals surface area contributed by atoms with Gasteiger partial charge in [0.2, 0.25) is 11.0 Å². The van der Waals surface area contributed by atoms with E-state index in [1.165, 1.54) is 13.3 Å². The lowest BCUT2D eigenvalue weighted by atomic mass is 10.2. The number of aromatic nitrogens is 2. The van der Waals surface area contributed by atoms with E-state index in [4.69, 9.17) is 18.9 Å². The minimum absolute atomic E-state index is 0.0376. The SMILES string of the molecule is COc1cccc(OCCOc2ccc(/C=N/NC(=O)Cc3nnc(NC(=O)c4ccccc4)s3)cc2OC)c1. The minimum atomic E-state index is -0.378. The Bertz CT molecular complexity index is 1460. The van der Waals surface area contributed by atoms with Crippen molar-refractivity contribution in [3.05, 3.63) is 88.9 Å². The van der Waals surface area contributed by atoms with Gasteiger partial charge in [-0.2, -0.15) is 5.10 Å². The fraction of sp³-hybridized carbons (Fsp3) is 0.179. The second kappa shape index (κ2) is 14.3. The Hall–Kier alpha value is -4.97. The molecule has 0 spiro atoms. The average molecular weight is 562 g/mol. The number of carbonyl (C=O) groups is 2. The topological polar surface area (TPSA) is 133 Å². The molecule has 0 atom stereocenters. The van der Waals surface area contributed by atoms with Crippen molar-refractivity contribution in [3.63, 3.8) is 0 Å². The number of anilines is 1. The van der Waals surface area contributed by atoms with Crippen molar-refractivity contribution in [1.29, 1.82) is 0 Å². The van der Waals surface area contributed by atoms with Gasteiger partial charge in [0, 0.05) is 11.6 Å². The first-order chi connectivity index (χ1) is 19.5. The first-order valence-corrected chi connectivity index (χ1v) is 12.9. The lowest BCUT2D eigenvalue weighted by Crippen LogP contribution is -2.19. The summed E-state index contributed by atoms with van der Waals surface area (Å²) in [7, 11) is 3.14. The van der Waals surface area contributed by atoms with Gasteiger partial charge in [-0.3, -0.25) is 14.9 Å². The first-order valence-electron chi connectivity index (χ1n) is 12.1. The van der Waals surface area contributed by atoms with Crippen LogP contribution in [0, 0.1) is 0 Å². The van der Waals surface area contributed by atoms with E-state index in [-0.39, 0.29) is 18.2 Å². The van der Waals surface area contributed by atoms with Crippen LogP contribution in [-0.2, 0) is 11.2 Å². The van der Waals surface area contributed by atoms with Gasteiger partial charge in [0.05, 0.1) is 26.9 Å². The van der Waals surface area contributed by atoms with E-state index < -0.39 is 0 Å². The largest absolute Gasteiger partial charge is 0.497 e. The van der Waals surface area contributed by atoms with Crippen LogP contribution in [0.5, 0.6) is 23.0 Å². The number of nitrogens with zero attached hydrogens (tertiary/aromatic N) is 3. The van der Waals surface area contributed by atoms with Gasteiger partial charge in [0.15, 0.2) is 11.5 Å². The van der Waals surface area contributed by atoms with Gasteiger partial charge in [0.1, 0.15) is 29.7 Å². The van der Waals surface area contributed by atoms with Gasteiger partial charge in [-0.1, -0.05) is 35.6 Å². The molecule has 0 radical (unpaired) electrons. The molecule has 40 heavy (non-hydrogen) atoms. The number of amides is 2. The highest BCUT2D eigenvalue weighted by Crippen LogP contribution is 2.27. The molecule has 0 aliphatic heterocycles. The van der Waals surface area contributed by atoms with E-state index in [1.54, 1.807) is 55.6 Å². The van der Waals surface area contributed by atoms with Crippen molar-refractivity contribution in [2.45, 2.75) is 6.42 Å². The molecule has 12 heteroatoms. The number of ether oxygens (including phenoxy) is 4. The lowest BCUT2D eigenvalue weighted by molar-refractivity contribution is -0.120. The maximum Gasteiger partial charge on any atom is 0.257 e. The van der Waals surface area contributed by atoms with E-state index in [9.17, 15) is 9.59 Å². The summed E-state index contributed by atoms with van der Waals surface area (Å²) in [5.41, 5.74) is 3.65. The van der Waals surface area contributed by atoms with Crippen LogP contribution in [0.4, 0.5) is 5.13 Å². The molecule has 0 aliphatic rings. The van der Waals surface area contributed by atoms with Crippen molar-refractivity contribution in [2.24, 2.45) is 5.10 Å². The van der Waals surface area contributed by atoms with Crippen molar-refractivity contribution in [2.75, 3.05) is 32.8 Å². The molecule has 1 heterocycles. The lowest BCUT2D eigenvalue weighted by Gasteiger charge is -2.12. The normalized spacial score (nSPS) is 10.7. The summed E-state index contributed by atoms with van der Waals surface area (Å²) in [5.74, 6) is 1.78. The van der Waals surface area contributed by atoms with Gasteiger partial charge < -0.3 is 18.9 Å². The van der Waals surface area contributed by atoms with Crippen LogP contribution < -0.4 is 29.7 Å². The van der Waals surface area contributed by atoms with Gasteiger partial charge in [-0.25, -0.2) is 5.43 Å². The van der Waals surface area contributed by atoms with Gasteiger partial charge in [0.25, 0.3) is 5.91 Å². The summed E-state index contributed by atoms with van der Waals surface area (Å²) in [6.45, 7) is 0.640. The Balaban J connectivity index is 1.22. The Morgan fingerprint density at radius 3 is 2.48 bits per heavy atom. The fourth-order valence-electron chi connectivity index (χ4n) is 3.38. The molecule has 0 saturated heterocycles. The average Bonchev–Trinajstić information content (AvgIpc) is 3.42. The molecule has 4 aromatic rings. The van der Waals surface area contributed by atoms with E-state index >= 15 is 0 Å². The third-order valence-corrected chi connectivity index (χ3v) is 6.12. The summed E-state index contributed by atoms with van der Waals surface area (Å²) in [6.07, 6.45) is 1.45. The van der Waals surface area contributed by atoms with Gasteiger partial charge in [-0.05, 0) is 48.0 Å². The van der Waals surface area contributed by atoms with E-state index in [0.29, 0.717) is 57.5 Å². The van der Waals surface area contributed by atoms with Crippen molar-refractivity contribution >= 4 is 34.5 Å². The van der Waals surface area contributed by atoms with Gasteiger partial charge in [-0.15, -0.1) is 10.2 Å². The number of methoxy groups -OCH3 is 2. The Morgan fingerprint density at radius 2 is 1.68 bits per heavy atom. The molecule has 3 aromatic carbocycles. The summed E-state index contributed by atoms with van der Waals surface area (Å²) < 4.78 is 22.1. The Kier molecular flexibility index (Phi) is 10.00. The number of carbonyl (C=O) groups excluding carboxylic acids is 2. The number of hydrogen-bond acceptors (Lipinski definition) is 10. The molecule has 0 aliphatic carbocycles. The second-order valence-corrected chi connectivity index (χ2v) is 9.14. The molecule has 0 fully saturated rings. The summed E-state index contributed by atoms with van der Waals surface area (Å²) in [5, 5.41) is 15.3. The third-order valence-electron chi connectivity index (χ3n) is 5.28. The summed E-state index contributed by atoms with van der Waals surface area (Å²) >= 11 is 1.12. The molecule has 0 bridgehead atoms. The van der Waals surface area contributed by atoms with E-state index in [1.807, 2.05) is 24.3 Å². The first kappa shape index (κ1) is 28.0. The molecule has 1 aromatic heterocycles. The molecule has 206 valence electrons. The molecule has 2 amide bonds. The number of benzene rings is 3. The molecule has 4 rings (SSSR count). The zero-order valence-corrected chi connectivity index (χ0v) is 22.6. The number of hydrazone groups is 1. The predicted octanol–water partition coefficient (Wildman–Crippen LogP) is 3.96. The van der Waals surface area contributed by atoms with E-state index in [2.05, 4.69) is 26.0 Å². The highest BCUT2D eigenvalue weighted by Gasteiger charge is 2.12. The predicted molar refractivity (Wildman–Crippen MR) is 151 cm³/mol. The summed E-state index contributed by atoms with van der Waals surface area (Å²) in [6, 6.07) is 21.3. The van der Waals surface area contributed by atoms with Crippen LogP contribution in [0.1, 0.15) is 20.9 Å². The monoisotopic (exact) mass is 561 g/mol. The van der Waals surface area contributed by atoms with Crippen LogP contribution >= 0.6 is 11.3 Å². The standard InChI is InChI=1S/C28H27N5O6S/c1-36-21-9-6-10-22(16-21)38-13-14-39-23-12-11-19(15-24(23)37-2)18-29-31-25(34)17-26-32-33-28(40-26)30-27(35)20-7-4-3-5-8-20/h3-12,15-16,18H,13-14,17H2,1-2H3,(H,31,34)(H,30,33,35)/b29-18+. The second-order valence-electron chi connectivity index (χ2n) is 8.08. The van der Waals surface area contributed by atoms with Gasteiger partial charge >= 0.3 is 0 Å². The van der Waals surface area contributed by atoms with Crippen LogP contribution in [0.15, 0.2) is 77.9 Å². The van der Waals surface area contributed by atoms with Crippen molar-refractivity contribution in [1.82, 2.24) is 15.6 Å². The molecule has 11 nitrogen and oxygen atoms in total. The third kappa shape index (κ3) is 8.27. The maximum absolute atomic E-state index is 12.3. The van der Waals surface area contributed by atoms with E-state index in [0.717, 1.165) is 11.3 Å². The highest BCUT2D eigenvalue weighted by atomic mass is 32.1. The summed E-state index contributed by atoms with van der Waals surface area (Å²) in [4.78, 5) is 24.5. The van der Waals surface area contributed by atoms with Crippen LogP contribution in [0.25, 0.3) is 0 Å². The quantitative estimate of drug-likeness (QED) is 0.142. The fourth-order valence-corrected chi connectivity index (χ4v) is 4.11. The highest BCUT2D eigenvalue weighted by molar-refractivity contribution is 7.15. The number of nitrogens with one attached hydrogen (secondary N) is 2. The number of hydrogen-bond donors (Lipinski definition) is 2. The van der Waals surface area contributed by atoms with Crippen LogP contribution in [0.2, 0.25) is 0 Å². The molecule has 2 N–H and O–H groups in total. The Labute approximate surface area is 234 Å².